The van der Waals surface area contributed by atoms with Crippen molar-refractivity contribution in [2.24, 2.45) is 11.8 Å². The molecule has 0 amide bonds. The van der Waals surface area contributed by atoms with Gasteiger partial charge in [0.15, 0.2) is 0 Å². The number of ketones is 1. The molecule has 2 aliphatic carbocycles. The zero-order valence-corrected chi connectivity index (χ0v) is 19.9. The number of hydrogen-bond donors (Lipinski definition) is 0. The van der Waals surface area contributed by atoms with E-state index in [0.29, 0.717) is 36.1 Å². The number of ether oxygens (including phenoxy) is 2. The van der Waals surface area contributed by atoms with E-state index in [1.165, 1.54) is 0 Å². The van der Waals surface area contributed by atoms with Gasteiger partial charge >= 0.3 is 5.97 Å². The highest BCUT2D eigenvalue weighted by molar-refractivity contribution is 5.81. The molecule has 1 aromatic heterocycles. The average molecular weight is 445 g/mol. The third kappa shape index (κ3) is 7.65. The first-order valence-corrected chi connectivity index (χ1v) is 12.8. The first-order chi connectivity index (χ1) is 15.6. The highest BCUT2D eigenvalue weighted by Gasteiger charge is 2.28. The molecular weight excluding hydrogens is 404 g/mol. The Balaban J connectivity index is 1.33. The van der Waals surface area contributed by atoms with Crippen LogP contribution in [0.4, 0.5) is 0 Å². The molecule has 6 heteroatoms. The van der Waals surface area contributed by atoms with E-state index in [1.807, 2.05) is 13.0 Å². The maximum Gasteiger partial charge on any atom is 0.312 e. The Hall–Kier alpha value is -1.82. The molecule has 0 bridgehead atoms. The van der Waals surface area contributed by atoms with Gasteiger partial charge < -0.3 is 9.47 Å². The number of carbonyl (C=O) groups excluding carboxylic acids is 2. The van der Waals surface area contributed by atoms with Crippen molar-refractivity contribution in [3.8, 4) is 5.88 Å². The van der Waals surface area contributed by atoms with Gasteiger partial charge in [0.2, 0.25) is 5.88 Å². The lowest BCUT2D eigenvalue weighted by Crippen LogP contribution is -2.27. The van der Waals surface area contributed by atoms with E-state index in [1.54, 1.807) is 6.07 Å². The smallest absolute Gasteiger partial charge is 0.312 e. The number of esters is 1. The lowest BCUT2D eigenvalue weighted by atomic mass is 9.79. The van der Waals surface area contributed by atoms with E-state index in [2.05, 4.69) is 17.1 Å². The largest absolute Gasteiger partial charge is 0.406 e. The standard InChI is InChI=1S/C26H40N2O4/c1-3-5-7-24(29)21-10-8-19(9-11-21)18-31-22-14-12-20(13-15-22)23-16-17-25(28-27-23)32-26(30)6-4-2/h16-17,19-22H,3-15,18H2,1-2H3. The Morgan fingerprint density at radius 3 is 2.28 bits per heavy atom. The van der Waals surface area contributed by atoms with E-state index in [0.717, 1.165) is 89.4 Å². The molecule has 0 atom stereocenters. The molecule has 1 aromatic rings. The molecule has 2 fully saturated rings. The van der Waals surface area contributed by atoms with Gasteiger partial charge in [-0.05, 0) is 76.2 Å². The fourth-order valence-electron chi connectivity index (χ4n) is 4.98. The fraction of sp³-hybridized carbons (Fsp3) is 0.769. The molecule has 1 heterocycles. The number of nitrogens with zero attached hydrogens (tertiary/aromatic N) is 2. The maximum atomic E-state index is 12.2. The first kappa shape index (κ1) is 24.8. The summed E-state index contributed by atoms with van der Waals surface area (Å²) < 4.78 is 11.5. The molecule has 0 N–H and O–H groups in total. The Bertz CT molecular complexity index is 705. The summed E-state index contributed by atoms with van der Waals surface area (Å²) in [6.07, 6.45) is 12.9. The second kappa shape index (κ2) is 13.0. The van der Waals surface area contributed by atoms with Crippen molar-refractivity contribution < 1.29 is 19.1 Å². The molecule has 32 heavy (non-hydrogen) atoms. The molecule has 2 aliphatic rings. The van der Waals surface area contributed by atoms with Crippen LogP contribution in [0.5, 0.6) is 5.88 Å². The van der Waals surface area contributed by atoms with Gasteiger partial charge in [-0.1, -0.05) is 20.3 Å². The summed E-state index contributed by atoms with van der Waals surface area (Å²) in [6.45, 7) is 4.92. The zero-order chi connectivity index (χ0) is 22.8. The third-order valence-corrected chi connectivity index (χ3v) is 7.07. The summed E-state index contributed by atoms with van der Waals surface area (Å²) in [4.78, 5) is 23.8. The molecule has 0 aliphatic heterocycles. The normalized spacial score (nSPS) is 25.9. The van der Waals surface area contributed by atoms with Crippen molar-refractivity contribution in [1.82, 2.24) is 10.2 Å². The van der Waals surface area contributed by atoms with Crippen LogP contribution in [0.1, 0.15) is 109 Å². The van der Waals surface area contributed by atoms with Crippen LogP contribution in [-0.4, -0.2) is 34.7 Å². The van der Waals surface area contributed by atoms with Crippen LogP contribution in [0.3, 0.4) is 0 Å². The Labute approximate surface area is 192 Å². The van der Waals surface area contributed by atoms with Gasteiger partial charge in [0.25, 0.3) is 0 Å². The van der Waals surface area contributed by atoms with Crippen LogP contribution < -0.4 is 4.74 Å². The lowest BCUT2D eigenvalue weighted by Gasteiger charge is -2.31. The summed E-state index contributed by atoms with van der Waals surface area (Å²) in [6, 6.07) is 3.69. The molecule has 0 saturated heterocycles. The van der Waals surface area contributed by atoms with Crippen molar-refractivity contribution >= 4 is 11.8 Å². The summed E-state index contributed by atoms with van der Waals surface area (Å²) in [7, 11) is 0. The predicted octanol–water partition coefficient (Wildman–Crippen LogP) is 5.79. The van der Waals surface area contributed by atoms with Gasteiger partial charge in [-0.2, -0.15) is 5.10 Å². The van der Waals surface area contributed by atoms with Gasteiger partial charge in [0.1, 0.15) is 5.78 Å². The van der Waals surface area contributed by atoms with Crippen molar-refractivity contribution in [3.63, 3.8) is 0 Å². The van der Waals surface area contributed by atoms with Crippen LogP contribution in [0.25, 0.3) is 0 Å². The average Bonchev–Trinajstić information content (AvgIpc) is 2.82. The van der Waals surface area contributed by atoms with Gasteiger partial charge in [0, 0.05) is 37.4 Å². The van der Waals surface area contributed by atoms with Crippen LogP contribution in [0, 0.1) is 11.8 Å². The second-order valence-electron chi connectivity index (χ2n) is 9.61. The van der Waals surface area contributed by atoms with Crippen LogP contribution >= 0.6 is 0 Å². The number of Topliss-reactive ketones (excluding diaryl/α,β-unsaturated/α-hetero) is 1. The van der Waals surface area contributed by atoms with Gasteiger partial charge in [-0.15, -0.1) is 5.10 Å². The lowest BCUT2D eigenvalue weighted by molar-refractivity contribution is -0.134. The van der Waals surface area contributed by atoms with E-state index >= 15 is 0 Å². The fourth-order valence-corrected chi connectivity index (χ4v) is 4.98. The number of unbranched alkanes of at least 4 members (excludes halogenated alkanes) is 1. The molecule has 0 radical (unpaired) electrons. The van der Waals surface area contributed by atoms with Crippen molar-refractivity contribution in [1.29, 1.82) is 0 Å². The van der Waals surface area contributed by atoms with E-state index < -0.39 is 0 Å². The number of carbonyl (C=O) groups is 2. The van der Waals surface area contributed by atoms with Crippen molar-refractivity contribution in [2.45, 2.75) is 109 Å². The van der Waals surface area contributed by atoms with Gasteiger partial charge in [-0.3, -0.25) is 9.59 Å². The molecule has 0 unspecified atom stereocenters. The minimum Gasteiger partial charge on any atom is -0.406 e. The number of rotatable bonds is 11. The zero-order valence-electron chi connectivity index (χ0n) is 19.9. The maximum absolute atomic E-state index is 12.2. The minimum atomic E-state index is -0.260. The van der Waals surface area contributed by atoms with E-state index in [4.69, 9.17) is 9.47 Å². The monoisotopic (exact) mass is 444 g/mol. The summed E-state index contributed by atoms with van der Waals surface area (Å²) in [5, 5.41) is 8.38. The molecule has 0 spiro atoms. The van der Waals surface area contributed by atoms with Gasteiger partial charge in [0.05, 0.1) is 11.8 Å². The molecule has 2 saturated carbocycles. The predicted molar refractivity (Wildman–Crippen MR) is 124 cm³/mol. The number of aromatic nitrogens is 2. The highest BCUT2D eigenvalue weighted by Crippen LogP contribution is 2.35. The minimum absolute atomic E-state index is 0.260. The summed E-state index contributed by atoms with van der Waals surface area (Å²) in [5.41, 5.74) is 0.977. The molecule has 178 valence electrons. The Kier molecular flexibility index (Phi) is 10.1. The summed E-state index contributed by atoms with van der Waals surface area (Å²) in [5.74, 6) is 1.81. The Morgan fingerprint density at radius 1 is 0.906 bits per heavy atom. The molecule has 0 aromatic carbocycles. The number of hydrogen-bond acceptors (Lipinski definition) is 6. The van der Waals surface area contributed by atoms with Crippen molar-refractivity contribution in [2.75, 3.05) is 6.61 Å². The first-order valence-electron chi connectivity index (χ1n) is 12.8. The van der Waals surface area contributed by atoms with Crippen LogP contribution in [0.15, 0.2) is 12.1 Å². The van der Waals surface area contributed by atoms with Gasteiger partial charge in [-0.25, -0.2) is 0 Å². The molecule has 6 nitrogen and oxygen atoms in total. The quantitative estimate of drug-likeness (QED) is 0.402. The second-order valence-corrected chi connectivity index (χ2v) is 9.61. The van der Waals surface area contributed by atoms with Crippen molar-refractivity contribution in [3.05, 3.63) is 17.8 Å². The molecular formula is C26H40N2O4. The Morgan fingerprint density at radius 2 is 1.66 bits per heavy atom. The van der Waals surface area contributed by atoms with E-state index in [-0.39, 0.29) is 11.8 Å². The summed E-state index contributed by atoms with van der Waals surface area (Å²) >= 11 is 0. The SMILES string of the molecule is CCCCC(=O)C1CCC(COC2CCC(c3ccc(OC(=O)CCC)nn3)CC2)CC1. The van der Waals surface area contributed by atoms with Crippen LogP contribution in [-0.2, 0) is 14.3 Å². The highest BCUT2D eigenvalue weighted by atomic mass is 16.5. The third-order valence-electron chi connectivity index (χ3n) is 7.07. The van der Waals surface area contributed by atoms with E-state index in [9.17, 15) is 9.59 Å². The molecule has 3 rings (SSSR count). The van der Waals surface area contributed by atoms with Crippen LogP contribution in [0.2, 0.25) is 0 Å². The topological polar surface area (TPSA) is 78.4 Å².